The van der Waals surface area contributed by atoms with Crippen LogP contribution in [-0.2, 0) is 18.9 Å². The molecule has 0 radical (unpaired) electrons. The van der Waals surface area contributed by atoms with Crippen LogP contribution in [0.5, 0.6) is 0 Å². The summed E-state index contributed by atoms with van der Waals surface area (Å²) in [4.78, 5) is 38.8. The third-order valence-electron chi connectivity index (χ3n) is 6.33. The van der Waals surface area contributed by atoms with Crippen molar-refractivity contribution in [1.82, 2.24) is 0 Å². The number of hydrogen-bond acceptors (Lipinski definition) is 8. The van der Waals surface area contributed by atoms with Gasteiger partial charge in [0.25, 0.3) is 0 Å². The van der Waals surface area contributed by atoms with Crippen LogP contribution in [0.15, 0.2) is 91.0 Å². The molecule has 5 atom stereocenters. The Labute approximate surface area is 221 Å². The highest BCUT2D eigenvalue weighted by atomic mass is 16.6. The van der Waals surface area contributed by atoms with Crippen molar-refractivity contribution in [2.75, 3.05) is 6.61 Å². The van der Waals surface area contributed by atoms with Gasteiger partial charge < -0.3 is 24.4 Å². The van der Waals surface area contributed by atoms with E-state index in [-0.39, 0.29) is 12.3 Å². The fourth-order valence-corrected chi connectivity index (χ4v) is 4.37. The molecule has 0 bridgehead atoms. The molecule has 1 saturated heterocycles. The second-order valence-electron chi connectivity index (χ2n) is 9.07. The number of esters is 3. The summed E-state index contributed by atoms with van der Waals surface area (Å²) in [6.07, 6.45) is -3.83. The summed E-state index contributed by atoms with van der Waals surface area (Å²) in [7, 11) is 0. The average Bonchev–Trinajstić information content (AvgIpc) is 2.95. The van der Waals surface area contributed by atoms with Crippen LogP contribution < -0.4 is 0 Å². The van der Waals surface area contributed by atoms with Gasteiger partial charge in [0.2, 0.25) is 0 Å². The van der Waals surface area contributed by atoms with Gasteiger partial charge in [-0.3, -0.25) is 0 Å². The van der Waals surface area contributed by atoms with Crippen LogP contribution in [-0.4, -0.2) is 54.6 Å². The van der Waals surface area contributed by atoms with Crippen molar-refractivity contribution >= 4 is 23.6 Å². The molecule has 0 aromatic heterocycles. The third-order valence-corrected chi connectivity index (χ3v) is 6.33. The molecule has 0 amide bonds. The van der Waals surface area contributed by atoms with Gasteiger partial charge in [0, 0.05) is 11.6 Å². The minimum Gasteiger partial charge on any atom is -0.459 e. The van der Waals surface area contributed by atoms with E-state index < -0.39 is 48.2 Å². The van der Waals surface area contributed by atoms with Crippen molar-refractivity contribution < 1.29 is 33.3 Å². The quantitative estimate of drug-likeness (QED) is 0.262. The number of nitrogens with one attached hydrogen (secondary N) is 1. The van der Waals surface area contributed by atoms with Crippen LogP contribution in [0.1, 0.15) is 44.9 Å². The van der Waals surface area contributed by atoms with Gasteiger partial charge in [-0.25, -0.2) is 14.4 Å². The standard InChI is InChI=1S/C30H29NO7/c1-19-25(20(2)31)36-24(18-35-28(32)21-12-6-3-7-13-21)27(38-30(34)23-16-10-5-11-17-23)26(19)37-29(33)22-14-8-4-9-15-22/h3-17,19,24-27,31H,18H2,1-2H3/t19-,24+,25-,26+,27+/m0/s1. The first kappa shape index (κ1) is 26.8. The van der Waals surface area contributed by atoms with E-state index in [2.05, 4.69) is 0 Å². The normalized spacial score (nSPS) is 22.6. The molecule has 3 aromatic carbocycles. The van der Waals surface area contributed by atoms with Crippen LogP contribution in [0.25, 0.3) is 0 Å². The summed E-state index contributed by atoms with van der Waals surface area (Å²) < 4.78 is 23.4. The zero-order valence-corrected chi connectivity index (χ0v) is 21.1. The zero-order valence-electron chi connectivity index (χ0n) is 21.1. The molecule has 38 heavy (non-hydrogen) atoms. The predicted molar refractivity (Wildman–Crippen MR) is 139 cm³/mol. The molecule has 1 heterocycles. The Morgan fingerprint density at radius 2 is 1.13 bits per heavy atom. The smallest absolute Gasteiger partial charge is 0.338 e. The molecular formula is C30H29NO7. The first-order chi connectivity index (χ1) is 18.3. The summed E-state index contributed by atoms with van der Waals surface area (Å²) in [5.41, 5.74) is 1.18. The van der Waals surface area contributed by atoms with Crippen LogP contribution in [0, 0.1) is 11.3 Å². The fraction of sp³-hybridized carbons (Fsp3) is 0.267. The van der Waals surface area contributed by atoms with Crippen molar-refractivity contribution in [2.24, 2.45) is 5.92 Å². The van der Waals surface area contributed by atoms with E-state index in [1.54, 1.807) is 105 Å². The summed E-state index contributed by atoms with van der Waals surface area (Å²) in [5, 5.41) is 8.26. The molecular weight excluding hydrogens is 486 g/mol. The minimum absolute atomic E-state index is 0.200. The highest BCUT2D eigenvalue weighted by molar-refractivity contribution is 5.91. The van der Waals surface area contributed by atoms with Gasteiger partial charge in [-0.2, -0.15) is 0 Å². The Morgan fingerprint density at radius 1 is 0.711 bits per heavy atom. The van der Waals surface area contributed by atoms with Gasteiger partial charge in [0.1, 0.15) is 24.9 Å². The van der Waals surface area contributed by atoms with Gasteiger partial charge in [0.15, 0.2) is 6.10 Å². The monoisotopic (exact) mass is 515 g/mol. The highest BCUT2D eigenvalue weighted by Crippen LogP contribution is 2.32. The van der Waals surface area contributed by atoms with Crippen LogP contribution in [0.4, 0.5) is 0 Å². The third kappa shape index (κ3) is 6.33. The summed E-state index contributed by atoms with van der Waals surface area (Å²) in [6.45, 7) is 3.07. The van der Waals surface area contributed by atoms with Crippen molar-refractivity contribution in [2.45, 2.75) is 38.3 Å². The minimum atomic E-state index is -1.11. The summed E-state index contributed by atoms with van der Waals surface area (Å²) in [5.74, 6) is -2.36. The molecule has 0 spiro atoms. The maximum absolute atomic E-state index is 13.1. The lowest BCUT2D eigenvalue weighted by Crippen LogP contribution is -2.59. The Bertz CT molecular complexity index is 1260. The molecule has 196 valence electrons. The van der Waals surface area contributed by atoms with E-state index >= 15 is 0 Å². The van der Waals surface area contributed by atoms with Crippen LogP contribution >= 0.6 is 0 Å². The Morgan fingerprint density at radius 3 is 1.58 bits per heavy atom. The summed E-state index contributed by atoms with van der Waals surface area (Å²) >= 11 is 0. The molecule has 1 aliphatic heterocycles. The number of benzene rings is 3. The lowest BCUT2D eigenvalue weighted by molar-refractivity contribution is -0.190. The topological polar surface area (TPSA) is 112 Å². The number of rotatable bonds is 8. The van der Waals surface area contributed by atoms with Gasteiger partial charge >= 0.3 is 17.9 Å². The number of hydrogen-bond donors (Lipinski definition) is 1. The zero-order chi connectivity index (χ0) is 27.1. The Hall–Kier alpha value is -4.30. The largest absolute Gasteiger partial charge is 0.459 e. The van der Waals surface area contributed by atoms with Crippen molar-refractivity contribution in [1.29, 1.82) is 5.41 Å². The molecule has 0 unspecified atom stereocenters. The average molecular weight is 516 g/mol. The van der Waals surface area contributed by atoms with E-state index in [9.17, 15) is 14.4 Å². The van der Waals surface area contributed by atoms with Crippen molar-refractivity contribution in [3.05, 3.63) is 108 Å². The molecule has 4 rings (SSSR count). The van der Waals surface area contributed by atoms with E-state index in [1.165, 1.54) is 0 Å². The van der Waals surface area contributed by atoms with Crippen LogP contribution in [0.2, 0.25) is 0 Å². The van der Waals surface area contributed by atoms with E-state index in [1.807, 2.05) is 0 Å². The maximum Gasteiger partial charge on any atom is 0.338 e. The lowest BCUT2D eigenvalue weighted by Gasteiger charge is -2.44. The molecule has 8 heteroatoms. The SMILES string of the molecule is CC(=N)[C@H]1O[C@H](COC(=O)c2ccccc2)[C@@H](OC(=O)c2ccccc2)[C@H](OC(=O)c2ccccc2)[C@H]1C. The van der Waals surface area contributed by atoms with Gasteiger partial charge in [-0.1, -0.05) is 61.5 Å². The van der Waals surface area contributed by atoms with Gasteiger partial charge in [-0.15, -0.1) is 0 Å². The first-order valence-electron chi connectivity index (χ1n) is 12.3. The number of carbonyl (C=O) groups excluding carboxylic acids is 3. The molecule has 3 aromatic rings. The van der Waals surface area contributed by atoms with Crippen molar-refractivity contribution in [3.63, 3.8) is 0 Å². The van der Waals surface area contributed by atoms with E-state index in [4.69, 9.17) is 24.4 Å². The predicted octanol–water partition coefficient (Wildman–Crippen LogP) is 4.74. The Kier molecular flexibility index (Phi) is 8.66. The Balaban J connectivity index is 1.63. The van der Waals surface area contributed by atoms with Gasteiger partial charge in [0.05, 0.1) is 16.7 Å². The molecule has 1 N–H and O–H groups in total. The molecule has 1 fully saturated rings. The number of carbonyl (C=O) groups is 3. The molecule has 0 saturated carbocycles. The lowest BCUT2D eigenvalue weighted by atomic mass is 9.85. The maximum atomic E-state index is 13.1. The summed E-state index contributed by atoms with van der Waals surface area (Å²) in [6, 6.07) is 25.3. The molecule has 1 aliphatic rings. The van der Waals surface area contributed by atoms with E-state index in [0.717, 1.165) is 0 Å². The van der Waals surface area contributed by atoms with E-state index in [0.29, 0.717) is 16.7 Å². The van der Waals surface area contributed by atoms with Gasteiger partial charge in [-0.05, 0) is 43.3 Å². The van der Waals surface area contributed by atoms with Crippen molar-refractivity contribution in [3.8, 4) is 0 Å². The second-order valence-corrected chi connectivity index (χ2v) is 9.07. The second kappa shape index (κ2) is 12.3. The molecule has 0 aliphatic carbocycles. The first-order valence-corrected chi connectivity index (χ1v) is 12.3. The molecule has 8 nitrogen and oxygen atoms in total. The number of ether oxygens (including phenoxy) is 4. The fourth-order valence-electron chi connectivity index (χ4n) is 4.37. The van der Waals surface area contributed by atoms with Crippen LogP contribution in [0.3, 0.4) is 0 Å². The highest BCUT2D eigenvalue weighted by Gasteiger charge is 2.49.